The predicted molar refractivity (Wildman–Crippen MR) is 53.7 cm³/mol. The largest absolute Gasteiger partial charge is 0.333 e. The molecular formula is C11H16N2. The molecule has 13 heavy (non-hydrogen) atoms. The summed E-state index contributed by atoms with van der Waals surface area (Å²) in [4.78, 5) is 0. The van der Waals surface area contributed by atoms with Crippen LogP contribution >= 0.6 is 0 Å². The van der Waals surface area contributed by atoms with Crippen LogP contribution < -0.4 is 0 Å². The molecule has 0 fully saturated rings. The molecule has 0 radical (unpaired) electrons. The van der Waals surface area contributed by atoms with Gasteiger partial charge in [-0.05, 0) is 45.7 Å². The zero-order valence-corrected chi connectivity index (χ0v) is 8.97. The second-order valence-corrected chi connectivity index (χ2v) is 3.60. The molecule has 1 aromatic heterocycles. The number of nitrogens with zero attached hydrogens (tertiary/aromatic N) is 2. The fourth-order valence-corrected chi connectivity index (χ4v) is 1.79. The number of aromatic nitrogens is 1. The summed E-state index contributed by atoms with van der Waals surface area (Å²) >= 11 is 0. The molecule has 1 rings (SSSR count). The molecule has 0 saturated carbocycles. The lowest BCUT2D eigenvalue weighted by Gasteiger charge is -2.11. The summed E-state index contributed by atoms with van der Waals surface area (Å²) in [6.45, 7) is 10.3. The average molecular weight is 176 g/mol. The summed E-state index contributed by atoms with van der Waals surface area (Å²) in [7, 11) is 0. The third-order valence-electron chi connectivity index (χ3n) is 2.94. The SMILES string of the molecule is Cc1c(C)c(C)n(C(C)C#N)c1C. The zero-order valence-electron chi connectivity index (χ0n) is 8.97. The first-order valence-electron chi connectivity index (χ1n) is 4.55. The first-order valence-corrected chi connectivity index (χ1v) is 4.55. The molecule has 1 unspecified atom stereocenters. The van der Waals surface area contributed by atoms with Gasteiger partial charge in [-0.25, -0.2) is 0 Å². The van der Waals surface area contributed by atoms with E-state index in [2.05, 4.69) is 38.3 Å². The van der Waals surface area contributed by atoms with Crippen LogP contribution in [0.5, 0.6) is 0 Å². The monoisotopic (exact) mass is 176 g/mol. The molecule has 2 nitrogen and oxygen atoms in total. The van der Waals surface area contributed by atoms with E-state index in [1.165, 1.54) is 22.5 Å². The Labute approximate surface area is 79.8 Å². The molecule has 0 bridgehead atoms. The van der Waals surface area contributed by atoms with Crippen molar-refractivity contribution in [2.45, 2.75) is 40.7 Å². The van der Waals surface area contributed by atoms with E-state index in [4.69, 9.17) is 5.26 Å². The van der Waals surface area contributed by atoms with E-state index in [0.717, 1.165) is 0 Å². The number of nitriles is 1. The molecule has 0 aliphatic rings. The van der Waals surface area contributed by atoms with Gasteiger partial charge in [-0.3, -0.25) is 0 Å². The van der Waals surface area contributed by atoms with Crippen LogP contribution in [0.15, 0.2) is 0 Å². The van der Waals surface area contributed by atoms with Crippen LogP contribution in [0.1, 0.15) is 35.5 Å². The molecule has 0 N–H and O–H groups in total. The molecular weight excluding hydrogens is 160 g/mol. The summed E-state index contributed by atoms with van der Waals surface area (Å²) in [6.07, 6.45) is 0. The number of hydrogen-bond donors (Lipinski definition) is 0. The minimum absolute atomic E-state index is 0.0626. The van der Waals surface area contributed by atoms with Crippen molar-refractivity contribution in [1.29, 1.82) is 5.26 Å². The third kappa shape index (κ3) is 1.35. The van der Waals surface area contributed by atoms with Gasteiger partial charge in [0.25, 0.3) is 0 Å². The van der Waals surface area contributed by atoms with Crippen LogP contribution in [0, 0.1) is 39.0 Å². The predicted octanol–water partition coefficient (Wildman–Crippen LogP) is 2.81. The van der Waals surface area contributed by atoms with Crippen molar-refractivity contribution in [3.63, 3.8) is 0 Å². The molecule has 1 atom stereocenters. The van der Waals surface area contributed by atoms with E-state index in [1.807, 2.05) is 6.92 Å². The van der Waals surface area contributed by atoms with Crippen molar-refractivity contribution < 1.29 is 0 Å². The molecule has 0 amide bonds. The van der Waals surface area contributed by atoms with Crippen molar-refractivity contribution in [2.24, 2.45) is 0 Å². The lowest BCUT2D eigenvalue weighted by atomic mass is 10.2. The van der Waals surface area contributed by atoms with Crippen LogP contribution in [0.25, 0.3) is 0 Å². The maximum atomic E-state index is 8.87. The molecule has 1 heterocycles. The van der Waals surface area contributed by atoms with Crippen LogP contribution in [-0.4, -0.2) is 4.57 Å². The summed E-state index contributed by atoms with van der Waals surface area (Å²) in [5.41, 5.74) is 5.03. The Kier molecular flexibility index (Phi) is 2.47. The Hall–Kier alpha value is -1.23. The van der Waals surface area contributed by atoms with Crippen LogP contribution in [0.2, 0.25) is 0 Å². The number of rotatable bonds is 1. The lowest BCUT2D eigenvalue weighted by Crippen LogP contribution is -2.06. The summed E-state index contributed by atoms with van der Waals surface area (Å²) < 4.78 is 2.10. The molecule has 2 heteroatoms. The van der Waals surface area contributed by atoms with E-state index in [0.29, 0.717) is 0 Å². The Morgan fingerprint density at radius 1 is 1.08 bits per heavy atom. The van der Waals surface area contributed by atoms with Crippen molar-refractivity contribution in [2.75, 3.05) is 0 Å². The van der Waals surface area contributed by atoms with E-state index in [9.17, 15) is 0 Å². The van der Waals surface area contributed by atoms with Gasteiger partial charge in [0.1, 0.15) is 6.04 Å². The molecule has 0 spiro atoms. The summed E-state index contributed by atoms with van der Waals surface area (Å²) in [6, 6.07) is 2.20. The first-order chi connectivity index (χ1) is 6.00. The Balaban J connectivity index is 3.39. The van der Waals surface area contributed by atoms with Gasteiger partial charge in [0.15, 0.2) is 0 Å². The van der Waals surface area contributed by atoms with Crippen molar-refractivity contribution in [3.8, 4) is 6.07 Å². The van der Waals surface area contributed by atoms with Crippen LogP contribution in [0.4, 0.5) is 0 Å². The van der Waals surface area contributed by atoms with Gasteiger partial charge in [0.05, 0.1) is 6.07 Å². The highest BCUT2D eigenvalue weighted by Gasteiger charge is 2.14. The van der Waals surface area contributed by atoms with E-state index in [-0.39, 0.29) is 6.04 Å². The fourth-order valence-electron chi connectivity index (χ4n) is 1.79. The maximum absolute atomic E-state index is 8.87. The molecule has 0 aromatic carbocycles. The molecule has 0 aliphatic heterocycles. The van der Waals surface area contributed by atoms with Crippen molar-refractivity contribution >= 4 is 0 Å². The molecule has 0 aliphatic carbocycles. The highest BCUT2D eigenvalue weighted by Crippen LogP contribution is 2.23. The zero-order chi connectivity index (χ0) is 10.2. The minimum atomic E-state index is -0.0626. The standard InChI is InChI=1S/C11H16N2/c1-7(6-12)13-10(4)8(2)9(3)11(13)5/h7H,1-5H3. The lowest BCUT2D eigenvalue weighted by molar-refractivity contribution is 0.638. The highest BCUT2D eigenvalue weighted by atomic mass is 15.0. The second-order valence-electron chi connectivity index (χ2n) is 3.60. The quantitative estimate of drug-likeness (QED) is 0.646. The van der Waals surface area contributed by atoms with Gasteiger partial charge in [-0.2, -0.15) is 5.26 Å². The highest BCUT2D eigenvalue weighted by molar-refractivity contribution is 5.36. The molecule has 0 saturated heterocycles. The normalized spacial score (nSPS) is 12.6. The van der Waals surface area contributed by atoms with Crippen molar-refractivity contribution in [3.05, 3.63) is 22.5 Å². The van der Waals surface area contributed by atoms with Gasteiger partial charge in [0.2, 0.25) is 0 Å². The van der Waals surface area contributed by atoms with Gasteiger partial charge in [-0.15, -0.1) is 0 Å². The van der Waals surface area contributed by atoms with E-state index in [1.54, 1.807) is 0 Å². The average Bonchev–Trinajstić information content (AvgIpc) is 2.30. The van der Waals surface area contributed by atoms with E-state index >= 15 is 0 Å². The molecule has 70 valence electrons. The van der Waals surface area contributed by atoms with E-state index < -0.39 is 0 Å². The van der Waals surface area contributed by atoms with Gasteiger partial charge in [-0.1, -0.05) is 0 Å². The van der Waals surface area contributed by atoms with Crippen molar-refractivity contribution in [1.82, 2.24) is 4.57 Å². The maximum Gasteiger partial charge on any atom is 0.118 e. The summed E-state index contributed by atoms with van der Waals surface area (Å²) in [5.74, 6) is 0. The second kappa shape index (κ2) is 3.26. The van der Waals surface area contributed by atoms with Gasteiger partial charge >= 0.3 is 0 Å². The Morgan fingerprint density at radius 2 is 1.46 bits per heavy atom. The fraction of sp³-hybridized carbons (Fsp3) is 0.545. The molecule has 1 aromatic rings. The summed E-state index contributed by atoms with van der Waals surface area (Å²) in [5, 5.41) is 8.87. The van der Waals surface area contributed by atoms with Gasteiger partial charge in [0, 0.05) is 11.4 Å². The topological polar surface area (TPSA) is 28.7 Å². The van der Waals surface area contributed by atoms with Gasteiger partial charge < -0.3 is 4.57 Å². The minimum Gasteiger partial charge on any atom is -0.333 e. The number of hydrogen-bond acceptors (Lipinski definition) is 1. The smallest absolute Gasteiger partial charge is 0.118 e. The third-order valence-corrected chi connectivity index (χ3v) is 2.94. The Bertz CT molecular complexity index is 341. The first kappa shape index (κ1) is 9.85. The van der Waals surface area contributed by atoms with Crippen LogP contribution in [0.3, 0.4) is 0 Å². The van der Waals surface area contributed by atoms with Crippen LogP contribution in [-0.2, 0) is 0 Å². The Morgan fingerprint density at radius 3 is 1.77 bits per heavy atom.